The number of carbonyl (C=O) groups excluding carboxylic acids is 1. The molecule has 1 heterocycles. The molecule has 0 atom stereocenters. The van der Waals surface area contributed by atoms with Crippen LogP contribution in [0.4, 0.5) is 5.69 Å². The zero-order valence-electron chi connectivity index (χ0n) is 15.4. The van der Waals surface area contributed by atoms with Crippen LogP contribution in [-0.4, -0.2) is 20.7 Å². The highest BCUT2D eigenvalue weighted by Gasteiger charge is 2.19. The molecule has 29 heavy (non-hydrogen) atoms. The quantitative estimate of drug-likeness (QED) is 0.451. The molecule has 144 valence electrons. The molecule has 0 fully saturated rings. The lowest BCUT2D eigenvalue weighted by Crippen LogP contribution is -2.14. The molecule has 0 aliphatic rings. The van der Waals surface area contributed by atoms with E-state index in [0.29, 0.717) is 21.6 Å². The molecular formula is C22H16Cl2N4O. The third kappa shape index (κ3) is 4.31. The molecule has 0 aliphatic carbocycles. The van der Waals surface area contributed by atoms with Crippen molar-refractivity contribution in [1.29, 1.82) is 0 Å². The van der Waals surface area contributed by atoms with Crippen LogP contribution in [0.25, 0.3) is 17.1 Å². The third-order valence-corrected chi connectivity index (χ3v) is 4.76. The summed E-state index contributed by atoms with van der Waals surface area (Å²) in [7, 11) is 0. The van der Waals surface area contributed by atoms with Crippen LogP contribution in [-0.2, 0) is 0 Å². The lowest BCUT2D eigenvalue weighted by molar-refractivity contribution is 0.101. The molecule has 0 saturated heterocycles. The molecule has 7 heteroatoms. The summed E-state index contributed by atoms with van der Waals surface area (Å²) < 4.78 is 1.64. The van der Waals surface area contributed by atoms with Gasteiger partial charge in [0.25, 0.3) is 5.91 Å². The first-order chi connectivity index (χ1) is 14.0. The number of carbonyl (C=O) groups is 1. The Bertz CT molecular complexity index is 1170. The van der Waals surface area contributed by atoms with Crippen molar-refractivity contribution in [3.63, 3.8) is 0 Å². The normalized spacial score (nSPS) is 10.7. The molecule has 1 amide bonds. The molecule has 4 rings (SSSR count). The van der Waals surface area contributed by atoms with Crippen molar-refractivity contribution in [2.45, 2.75) is 6.92 Å². The van der Waals surface area contributed by atoms with Gasteiger partial charge in [-0.25, -0.2) is 9.67 Å². The first kappa shape index (κ1) is 19.2. The van der Waals surface area contributed by atoms with E-state index in [1.807, 2.05) is 43.3 Å². The lowest BCUT2D eigenvalue weighted by Gasteiger charge is -2.06. The van der Waals surface area contributed by atoms with Crippen molar-refractivity contribution >= 4 is 34.8 Å². The summed E-state index contributed by atoms with van der Waals surface area (Å²) in [4.78, 5) is 17.3. The number of nitrogens with one attached hydrogen (secondary N) is 1. The van der Waals surface area contributed by atoms with E-state index in [2.05, 4.69) is 15.4 Å². The molecule has 5 nitrogen and oxygen atoms in total. The van der Waals surface area contributed by atoms with Crippen molar-refractivity contribution in [1.82, 2.24) is 14.8 Å². The molecule has 0 radical (unpaired) electrons. The van der Waals surface area contributed by atoms with Gasteiger partial charge in [0.05, 0.1) is 5.69 Å². The molecule has 1 N–H and O–H groups in total. The fraction of sp³-hybridized carbons (Fsp3) is 0.0455. The van der Waals surface area contributed by atoms with Gasteiger partial charge in [0, 0.05) is 21.3 Å². The number of amides is 1. The van der Waals surface area contributed by atoms with E-state index in [1.54, 1.807) is 41.1 Å². The first-order valence-corrected chi connectivity index (χ1v) is 9.62. The number of rotatable bonds is 4. The van der Waals surface area contributed by atoms with Crippen molar-refractivity contribution in [2.24, 2.45) is 0 Å². The maximum absolute atomic E-state index is 12.7. The summed E-state index contributed by atoms with van der Waals surface area (Å²) in [5, 5.41) is 8.46. The Morgan fingerprint density at radius 3 is 2.24 bits per heavy atom. The minimum atomic E-state index is -0.408. The van der Waals surface area contributed by atoms with Gasteiger partial charge in [-0.1, -0.05) is 47.0 Å². The smallest absolute Gasteiger partial charge is 0.295 e. The molecular weight excluding hydrogens is 407 g/mol. The number of aromatic nitrogens is 3. The average Bonchev–Trinajstić information content (AvgIpc) is 3.16. The molecule has 1 aromatic heterocycles. The second kappa shape index (κ2) is 8.07. The maximum atomic E-state index is 12.7. The average molecular weight is 423 g/mol. The van der Waals surface area contributed by atoms with Crippen molar-refractivity contribution in [3.05, 3.63) is 94.2 Å². The predicted molar refractivity (Wildman–Crippen MR) is 116 cm³/mol. The Hall–Kier alpha value is -3.15. The monoisotopic (exact) mass is 422 g/mol. The number of halogens is 2. The minimum Gasteiger partial charge on any atom is -0.319 e. The van der Waals surface area contributed by atoms with Gasteiger partial charge in [-0.05, 0) is 61.5 Å². The van der Waals surface area contributed by atoms with Crippen LogP contribution in [0.1, 0.15) is 16.2 Å². The molecule has 4 aromatic rings. The van der Waals surface area contributed by atoms with Gasteiger partial charge in [0.1, 0.15) is 0 Å². The Kier molecular flexibility index (Phi) is 5.34. The molecule has 3 aromatic carbocycles. The van der Waals surface area contributed by atoms with Gasteiger partial charge in [0.15, 0.2) is 5.82 Å². The molecule has 0 saturated carbocycles. The number of nitrogens with zero attached hydrogens (tertiary/aromatic N) is 3. The summed E-state index contributed by atoms with van der Waals surface area (Å²) in [6, 6.07) is 21.9. The highest BCUT2D eigenvalue weighted by Crippen LogP contribution is 2.24. The summed E-state index contributed by atoms with van der Waals surface area (Å²) in [5.41, 5.74) is 3.31. The van der Waals surface area contributed by atoms with E-state index in [1.165, 1.54) is 0 Å². The fourth-order valence-corrected chi connectivity index (χ4v) is 3.11. The van der Waals surface area contributed by atoms with E-state index in [4.69, 9.17) is 23.2 Å². The van der Waals surface area contributed by atoms with E-state index in [9.17, 15) is 4.79 Å². The van der Waals surface area contributed by atoms with Crippen LogP contribution in [0.5, 0.6) is 0 Å². The topological polar surface area (TPSA) is 59.8 Å². The lowest BCUT2D eigenvalue weighted by atomic mass is 10.1. The Balaban J connectivity index is 1.75. The molecule has 0 bridgehead atoms. The first-order valence-electron chi connectivity index (χ1n) is 8.86. The van der Waals surface area contributed by atoms with Gasteiger partial charge >= 0.3 is 0 Å². The second-order valence-corrected chi connectivity index (χ2v) is 7.35. The molecule has 0 aliphatic heterocycles. The summed E-state index contributed by atoms with van der Waals surface area (Å²) in [6.07, 6.45) is 0. The Labute approximate surface area is 177 Å². The van der Waals surface area contributed by atoms with Crippen LogP contribution in [0.3, 0.4) is 0 Å². The van der Waals surface area contributed by atoms with Crippen LogP contribution >= 0.6 is 23.2 Å². The van der Waals surface area contributed by atoms with Crippen molar-refractivity contribution < 1.29 is 4.79 Å². The highest BCUT2D eigenvalue weighted by molar-refractivity contribution is 6.30. The van der Waals surface area contributed by atoms with Crippen LogP contribution in [0.2, 0.25) is 10.0 Å². The number of anilines is 1. The van der Waals surface area contributed by atoms with Crippen LogP contribution < -0.4 is 5.32 Å². The second-order valence-electron chi connectivity index (χ2n) is 6.48. The van der Waals surface area contributed by atoms with E-state index < -0.39 is 5.91 Å². The fourth-order valence-electron chi connectivity index (χ4n) is 2.86. The Morgan fingerprint density at radius 1 is 0.931 bits per heavy atom. The van der Waals surface area contributed by atoms with Crippen molar-refractivity contribution in [2.75, 3.05) is 5.32 Å². The molecule has 0 unspecified atom stereocenters. The standard InChI is InChI=1S/C22H16Cl2N4O/c1-14-3-2-4-15(13-14)21-26-20(22(29)25-18-9-5-16(23)6-10-18)27-28(21)19-11-7-17(24)8-12-19/h2-13H,1H3,(H,25,29). The number of hydrogen-bond acceptors (Lipinski definition) is 3. The SMILES string of the molecule is Cc1cccc(-c2nc(C(=O)Nc3ccc(Cl)cc3)nn2-c2ccc(Cl)cc2)c1. The van der Waals surface area contributed by atoms with Gasteiger partial charge < -0.3 is 5.32 Å². The van der Waals surface area contributed by atoms with Crippen molar-refractivity contribution in [3.8, 4) is 17.1 Å². The van der Waals surface area contributed by atoms with Gasteiger partial charge in [-0.2, -0.15) is 0 Å². The number of benzene rings is 3. The van der Waals surface area contributed by atoms with E-state index in [-0.39, 0.29) is 5.82 Å². The van der Waals surface area contributed by atoms with Crippen LogP contribution in [0, 0.1) is 6.92 Å². The number of aryl methyl sites for hydroxylation is 1. The third-order valence-electron chi connectivity index (χ3n) is 4.26. The largest absolute Gasteiger partial charge is 0.319 e. The number of hydrogen-bond donors (Lipinski definition) is 1. The summed E-state index contributed by atoms with van der Waals surface area (Å²) in [5.74, 6) is 0.220. The van der Waals surface area contributed by atoms with E-state index in [0.717, 1.165) is 16.8 Å². The minimum absolute atomic E-state index is 0.0615. The van der Waals surface area contributed by atoms with Gasteiger partial charge in [-0.3, -0.25) is 4.79 Å². The zero-order valence-corrected chi connectivity index (χ0v) is 16.9. The highest BCUT2D eigenvalue weighted by atomic mass is 35.5. The van der Waals surface area contributed by atoms with Crippen LogP contribution in [0.15, 0.2) is 72.8 Å². The van der Waals surface area contributed by atoms with E-state index >= 15 is 0 Å². The predicted octanol–water partition coefficient (Wildman–Crippen LogP) is 5.80. The Morgan fingerprint density at radius 2 is 1.59 bits per heavy atom. The maximum Gasteiger partial charge on any atom is 0.295 e. The summed E-state index contributed by atoms with van der Waals surface area (Å²) in [6.45, 7) is 2.00. The van der Waals surface area contributed by atoms with Gasteiger partial charge in [0.2, 0.25) is 5.82 Å². The van der Waals surface area contributed by atoms with Gasteiger partial charge in [-0.15, -0.1) is 5.10 Å². The summed E-state index contributed by atoms with van der Waals surface area (Å²) >= 11 is 11.9. The molecule has 0 spiro atoms. The zero-order chi connectivity index (χ0) is 20.4.